The second-order valence-corrected chi connectivity index (χ2v) is 4.72. The largest absolute Gasteiger partial charge is 0.495 e. The Kier molecular flexibility index (Phi) is 4.42. The summed E-state index contributed by atoms with van der Waals surface area (Å²) in [4.78, 5) is 14.8. The molecule has 0 aliphatic carbocycles. The van der Waals surface area contributed by atoms with Crippen molar-refractivity contribution in [1.82, 2.24) is 4.98 Å². The number of methoxy groups -OCH3 is 2. The number of amides is 1. The molecule has 0 saturated heterocycles. The van der Waals surface area contributed by atoms with Crippen LogP contribution in [0.3, 0.4) is 0 Å². The van der Waals surface area contributed by atoms with Crippen molar-refractivity contribution < 1.29 is 14.3 Å². The van der Waals surface area contributed by atoms with Gasteiger partial charge in [0.15, 0.2) is 0 Å². The van der Waals surface area contributed by atoms with Crippen LogP contribution in [0.5, 0.6) is 11.5 Å². The Morgan fingerprint density at radius 3 is 2.40 bits per heavy atom. The van der Waals surface area contributed by atoms with E-state index in [0.717, 1.165) is 0 Å². The fraction of sp³-hybridized carbons (Fsp3) is 0.154. The molecule has 2 aromatic rings. The first-order valence-corrected chi connectivity index (χ1v) is 6.37. The Balaban J connectivity index is 2.30. The fourth-order valence-electron chi connectivity index (χ4n) is 1.65. The molecule has 2 N–H and O–H groups in total. The molecular weight excluding hydrogens is 303 g/mol. The van der Waals surface area contributed by atoms with Crippen LogP contribution in [0.15, 0.2) is 24.4 Å². The zero-order chi connectivity index (χ0) is 14.7. The van der Waals surface area contributed by atoms with Crippen molar-refractivity contribution in [2.24, 2.45) is 0 Å². The van der Waals surface area contributed by atoms with E-state index in [9.17, 15) is 4.79 Å². The molecule has 0 saturated carbocycles. The van der Waals surface area contributed by atoms with Crippen LogP contribution in [-0.2, 0) is 0 Å². The topological polar surface area (TPSA) is 63.3 Å². The van der Waals surface area contributed by atoms with E-state index in [1.165, 1.54) is 26.5 Å². The third-order valence-electron chi connectivity index (χ3n) is 2.61. The highest BCUT2D eigenvalue weighted by molar-refractivity contribution is 6.32. The molecule has 20 heavy (non-hydrogen) atoms. The molecule has 0 radical (unpaired) electrons. The van der Waals surface area contributed by atoms with Gasteiger partial charge in [-0.25, -0.2) is 0 Å². The summed E-state index contributed by atoms with van der Waals surface area (Å²) in [6, 6.07) is 4.68. The van der Waals surface area contributed by atoms with Gasteiger partial charge in [-0.2, -0.15) is 0 Å². The lowest BCUT2D eigenvalue weighted by molar-refractivity contribution is 0.102. The summed E-state index contributed by atoms with van der Waals surface area (Å²) in [7, 11) is 2.98. The van der Waals surface area contributed by atoms with Gasteiger partial charge >= 0.3 is 0 Å². The monoisotopic (exact) mass is 314 g/mol. The summed E-state index contributed by atoms with van der Waals surface area (Å²) in [5.74, 6) is 0.522. The van der Waals surface area contributed by atoms with Crippen molar-refractivity contribution >= 4 is 34.8 Å². The van der Waals surface area contributed by atoms with Crippen LogP contribution >= 0.6 is 23.2 Å². The van der Waals surface area contributed by atoms with Gasteiger partial charge in [-0.15, -0.1) is 0 Å². The molecule has 0 unspecified atom stereocenters. The number of benzene rings is 1. The lowest BCUT2D eigenvalue weighted by Crippen LogP contribution is -2.13. The minimum atomic E-state index is -0.348. The van der Waals surface area contributed by atoms with Crippen molar-refractivity contribution in [1.29, 1.82) is 0 Å². The molecule has 1 amide bonds. The highest BCUT2D eigenvalue weighted by Crippen LogP contribution is 2.36. The van der Waals surface area contributed by atoms with Crippen LogP contribution in [0.1, 0.15) is 10.5 Å². The van der Waals surface area contributed by atoms with E-state index in [4.69, 9.17) is 32.7 Å². The second-order valence-electron chi connectivity index (χ2n) is 3.87. The van der Waals surface area contributed by atoms with Crippen LogP contribution in [0.2, 0.25) is 10.0 Å². The van der Waals surface area contributed by atoms with Crippen molar-refractivity contribution in [2.45, 2.75) is 0 Å². The maximum Gasteiger partial charge on any atom is 0.272 e. The van der Waals surface area contributed by atoms with Gasteiger partial charge in [0.25, 0.3) is 5.91 Å². The van der Waals surface area contributed by atoms with Gasteiger partial charge in [0.1, 0.15) is 17.2 Å². The number of anilines is 1. The average Bonchev–Trinajstić information content (AvgIpc) is 2.87. The predicted molar refractivity (Wildman–Crippen MR) is 78.3 cm³/mol. The minimum absolute atomic E-state index is 0.339. The van der Waals surface area contributed by atoms with Gasteiger partial charge in [-0.3, -0.25) is 4.79 Å². The number of H-pyrrole nitrogens is 1. The van der Waals surface area contributed by atoms with E-state index in [0.29, 0.717) is 32.9 Å². The first-order chi connectivity index (χ1) is 9.55. The number of hydrogen-bond acceptors (Lipinski definition) is 3. The van der Waals surface area contributed by atoms with Crippen LogP contribution in [0.4, 0.5) is 5.69 Å². The molecule has 1 aromatic carbocycles. The third-order valence-corrected chi connectivity index (χ3v) is 3.13. The third kappa shape index (κ3) is 3.00. The highest BCUT2D eigenvalue weighted by Gasteiger charge is 2.14. The molecular formula is C13H12Cl2N2O3. The average molecular weight is 315 g/mol. The molecule has 0 aliphatic heterocycles. The summed E-state index contributed by atoms with van der Waals surface area (Å²) in [5.41, 5.74) is 0.787. The van der Waals surface area contributed by atoms with E-state index in [1.54, 1.807) is 12.1 Å². The fourth-order valence-corrected chi connectivity index (χ4v) is 2.04. The summed E-state index contributed by atoms with van der Waals surface area (Å²) in [6.45, 7) is 0. The number of hydrogen-bond donors (Lipinski definition) is 2. The maximum atomic E-state index is 12.0. The summed E-state index contributed by atoms with van der Waals surface area (Å²) in [6.07, 6.45) is 1.52. The number of aromatic nitrogens is 1. The Morgan fingerprint density at radius 1 is 1.15 bits per heavy atom. The molecule has 0 fully saturated rings. The van der Waals surface area contributed by atoms with E-state index < -0.39 is 0 Å². The number of carbonyl (C=O) groups is 1. The number of aromatic amines is 1. The normalized spacial score (nSPS) is 10.2. The van der Waals surface area contributed by atoms with Gasteiger partial charge in [-0.05, 0) is 6.07 Å². The minimum Gasteiger partial charge on any atom is -0.495 e. The number of halogens is 2. The van der Waals surface area contributed by atoms with Crippen LogP contribution < -0.4 is 14.8 Å². The standard InChI is InChI=1S/C13H12Cl2N2O3/c1-19-11-5-9(12(20-2)4-8(11)15)17-13(18)10-3-7(14)6-16-10/h3-6,16H,1-2H3,(H,17,18). The van der Waals surface area contributed by atoms with Crippen LogP contribution in [0.25, 0.3) is 0 Å². The smallest absolute Gasteiger partial charge is 0.272 e. The number of rotatable bonds is 4. The van der Waals surface area contributed by atoms with Crippen molar-refractivity contribution in [3.05, 3.63) is 40.1 Å². The Bertz CT molecular complexity index is 641. The van der Waals surface area contributed by atoms with Crippen LogP contribution in [-0.4, -0.2) is 25.1 Å². The van der Waals surface area contributed by atoms with Gasteiger partial charge in [0.2, 0.25) is 0 Å². The molecule has 1 heterocycles. The first-order valence-electron chi connectivity index (χ1n) is 5.62. The lowest BCUT2D eigenvalue weighted by Gasteiger charge is -2.12. The first kappa shape index (κ1) is 14.6. The van der Waals surface area contributed by atoms with E-state index in [1.807, 2.05) is 0 Å². The zero-order valence-corrected chi connectivity index (χ0v) is 12.3. The molecule has 0 bridgehead atoms. The van der Waals surface area contributed by atoms with E-state index in [2.05, 4.69) is 10.3 Å². The molecule has 0 atom stereocenters. The molecule has 1 aromatic heterocycles. The molecule has 7 heteroatoms. The van der Waals surface area contributed by atoms with Crippen molar-refractivity contribution in [3.63, 3.8) is 0 Å². The second kappa shape index (κ2) is 6.07. The SMILES string of the molecule is COc1cc(NC(=O)c2cc(Cl)c[nH]2)c(OC)cc1Cl. The van der Waals surface area contributed by atoms with Gasteiger partial charge < -0.3 is 19.8 Å². The molecule has 0 spiro atoms. The Hall–Kier alpha value is -1.85. The highest BCUT2D eigenvalue weighted by atomic mass is 35.5. The summed E-state index contributed by atoms with van der Waals surface area (Å²) in [5, 5.41) is 3.55. The van der Waals surface area contributed by atoms with Crippen molar-refractivity contribution in [3.8, 4) is 11.5 Å². The number of ether oxygens (including phenoxy) is 2. The van der Waals surface area contributed by atoms with E-state index in [-0.39, 0.29) is 5.91 Å². The molecule has 5 nitrogen and oxygen atoms in total. The van der Waals surface area contributed by atoms with E-state index >= 15 is 0 Å². The van der Waals surface area contributed by atoms with Gasteiger partial charge in [0.05, 0.1) is 30.0 Å². The maximum absolute atomic E-state index is 12.0. The zero-order valence-electron chi connectivity index (χ0n) is 10.8. The van der Waals surface area contributed by atoms with Gasteiger partial charge in [-0.1, -0.05) is 23.2 Å². The van der Waals surface area contributed by atoms with Gasteiger partial charge in [0, 0.05) is 18.3 Å². The van der Waals surface area contributed by atoms with Crippen molar-refractivity contribution in [2.75, 3.05) is 19.5 Å². The molecule has 0 aliphatic rings. The summed E-state index contributed by atoms with van der Waals surface area (Å²) < 4.78 is 10.3. The molecule has 106 valence electrons. The quantitative estimate of drug-likeness (QED) is 0.906. The molecule has 2 rings (SSSR count). The Labute approximate surface area is 125 Å². The van der Waals surface area contributed by atoms with Crippen LogP contribution in [0, 0.1) is 0 Å². The predicted octanol–water partition coefficient (Wildman–Crippen LogP) is 3.59. The number of nitrogens with one attached hydrogen (secondary N) is 2. The summed E-state index contributed by atoms with van der Waals surface area (Å²) >= 11 is 11.8. The lowest BCUT2D eigenvalue weighted by atomic mass is 10.2. The number of carbonyl (C=O) groups excluding carboxylic acids is 1. The Morgan fingerprint density at radius 2 is 1.85 bits per heavy atom.